The zero-order valence-electron chi connectivity index (χ0n) is 5.22. The van der Waals surface area contributed by atoms with Gasteiger partial charge in [0.25, 0.3) is 0 Å². The lowest BCUT2D eigenvalue weighted by molar-refractivity contribution is 1.47. The molecular weight excluding hydrogens is 96.1 g/mol. The number of allylic oxidation sites excluding steroid dienone is 4. The molecule has 0 aliphatic heterocycles. The van der Waals surface area contributed by atoms with Crippen LogP contribution in [0.3, 0.4) is 0 Å². The van der Waals surface area contributed by atoms with Crippen LogP contribution in [0.2, 0.25) is 0 Å². The molecule has 0 aromatic rings. The zero-order chi connectivity index (χ0) is 6.41. The van der Waals surface area contributed by atoms with E-state index >= 15 is 0 Å². The van der Waals surface area contributed by atoms with Crippen molar-refractivity contribution in [3.8, 4) is 0 Å². The van der Waals surface area contributed by atoms with Crippen molar-refractivity contribution in [1.29, 1.82) is 0 Å². The summed E-state index contributed by atoms with van der Waals surface area (Å²) in [5.74, 6) is 0. The van der Waals surface area contributed by atoms with Crippen molar-refractivity contribution in [2.24, 2.45) is 0 Å². The molecule has 0 spiro atoms. The van der Waals surface area contributed by atoms with Gasteiger partial charge < -0.3 is 0 Å². The Morgan fingerprint density at radius 2 is 2.00 bits per heavy atom. The monoisotopic (exact) mass is 107 g/mol. The molecule has 0 amide bonds. The Bertz CT molecular complexity index is 107. The Hall–Kier alpha value is -0.780. The smallest absolute Gasteiger partial charge is 0.00745 e. The fraction of sp³-hybridized carbons (Fsp3) is 0.125. The first-order chi connectivity index (χ1) is 3.77. The largest absolute Gasteiger partial charge is 0.0995 e. The fourth-order valence-electron chi connectivity index (χ4n) is 0.298. The summed E-state index contributed by atoms with van der Waals surface area (Å²) in [7, 11) is 0. The third-order valence-corrected chi connectivity index (χ3v) is 0.628. The standard InChI is InChI=1S/C8H11/c1-4-5-6-7-8(2)3/h4-7H,1-2H2,3H3/b6-5-. The second kappa shape index (κ2) is 4.38. The van der Waals surface area contributed by atoms with Gasteiger partial charge in [-0.3, -0.25) is 0 Å². The van der Waals surface area contributed by atoms with Crippen molar-refractivity contribution >= 4 is 0 Å². The van der Waals surface area contributed by atoms with Gasteiger partial charge in [-0.15, -0.1) is 0 Å². The van der Waals surface area contributed by atoms with Crippen LogP contribution in [-0.4, -0.2) is 0 Å². The molecule has 0 aliphatic carbocycles. The van der Waals surface area contributed by atoms with Crippen molar-refractivity contribution in [3.05, 3.63) is 43.4 Å². The van der Waals surface area contributed by atoms with Crippen LogP contribution in [0, 0.1) is 6.42 Å². The summed E-state index contributed by atoms with van der Waals surface area (Å²) < 4.78 is 0. The first kappa shape index (κ1) is 7.22. The normalized spacial score (nSPS) is 9.62. The molecular formula is C8H11. The molecule has 0 aromatic heterocycles. The lowest BCUT2D eigenvalue weighted by Gasteiger charge is -1.84. The molecule has 43 valence electrons. The Morgan fingerprint density at radius 3 is 2.38 bits per heavy atom. The second-order valence-electron chi connectivity index (χ2n) is 1.63. The van der Waals surface area contributed by atoms with Crippen molar-refractivity contribution in [2.45, 2.75) is 6.92 Å². The summed E-state index contributed by atoms with van der Waals surface area (Å²) in [6.07, 6.45) is 7.45. The van der Waals surface area contributed by atoms with Gasteiger partial charge in [0.05, 0.1) is 0 Å². The maximum absolute atomic E-state index is 3.69. The van der Waals surface area contributed by atoms with Gasteiger partial charge in [-0.2, -0.15) is 0 Å². The molecule has 0 nitrogen and oxygen atoms in total. The molecule has 0 heterocycles. The average Bonchev–Trinajstić information content (AvgIpc) is 1.66. The molecule has 0 unspecified atom stereocenters. The van der Waals surface area contributed by atoms with Crippen LogP contribution in [0.4, 0.5) is 0 Å². The minimum absolute atomic E-state index is 1.06. The van der Waals surface area contributed by atoms with Gasteiger partial charge in [0, 0.05) is 6.42 Å². The van der Waals surface area contributed by atoms with E-state index in [1.54, 1.807) is 6.08 Å². The highest BCUT2D eigenvalue weighted by atomic mass is 13.8. The number of hydrogen-bond donors (Lipinski definition) is 0. The SMILES string of the molecule is C=C/C=C\[CH]C(=C)C. The summed E-state index contributed by atoms with van der Waals surface area (Å²) in [4.78, 5) is 0. The Labute approximate surface area is 51.2 Å². The van der Waals surface area contributed by atoms with E-state index in [0.717, 1.165) is 5.57 Å². The predicted molar refractivity (Wildman–Crippen MR) is 38.5 cm³/mol. The summed E-state index contributed by atoms with van der Waals surface area (Å²) >= 11 is 0. The predicted octanol–water partition coefficient (Wildman–Crippen LogP) is 2.51. The van der Waals surface area contributed by atoms with Gasteiger partial charge in [0.2, 0.25) is 0 Å². The van der Waals surface area contributed by atoms with E-state index in [0.29, 0.717) is 0 Å². The van der Waals surface area contributed by atoms with Crippen LogP contribution in [0.5, 0.6) is 0 Å². The third-order valence-electron chi connectivity index (χ3n) is 0.628. The topological polar surface area (TPSA) is 0 Å². The van der Waals surface area contributed by atoms with E-state index in [2.05, 4.69) is 13.2 Å². The third kappa shape index (κ3) is 5.22. The molecule has 0 aliphatic rings. The van der Waals surface area contributed by atoms with E-state index in [1.165, 1.54) is 0 Å². The average molecular weight is 107 g/mol. The van der Waals surface area contributed by atoms with Crippen molar-refractivity contribution < 1.29 is 0 Å². The highest BCUT2D eigenvalue weighted by Gasteiger charge is 1.75. The molecule has 0 saturated carbocycles. The summed E-state index contributed by atoms with van der Waals surface area (Å²) in [5.41, 5.74) is 1.06. The molecule has 0 atom stereocenters. The van der Waals surface area contributed by atoms with Crippen molar-refractivity contribution in [2.75, 3.05) is 0 Å². The van der Waals surface area contributed by atoms with Gasteiger partial charge in [-0.05, 0) is 6.92 Å². The fourth-order valence-corrected chi connectivity index (χ4v) is 0.298. The maximum atomic E-state index is 3.69. The van der Waals surface area contributed by atoms with Crippen molar-refractivity contribution in [3.63, 3.8) is 0 Å². The van der Waals surface area contributed by atoms with E-state index in [1.807, 2.05) is 25.5 Å². The van der Waals surface area contributed by atoms with E-state index in [4.69, 9.17) is 0 Å². The highest BCUT2D eigenvalue weighted by molar-refractivity contribution is 5.17. The van der Waals surface area contributed by atoms with E-state index in [-0.39, 0.29) is 0 Å². The maximum Gasteiger partial charge on any atom is 0.00745 e. The quantitative estimate of drug-likeness (QED) is 0.486. The minimum atomic E-state index is 1.06. The molecule has 0 rings (SSSR count). The lowest BCUT2D eigenvalue weighted by atomic mass is 10.2. The van der Waals surface area contributed by atoms with E-state index in [9.17, 15) is 0 Å². The highest BCUT2D eigenvalue weighted by Crippen LogP contribution is 1.93. The van der Waals surface area contributed by atoms with E-state index < -0.39 is 0 Å². The van der Waals surface area contributed by atoms with Gasteiger partial charge in [0.1, 0.15) is 0 Å². The number of hydrogen-bond acceptors (Lipinski definition) is 0. The van der Waals surface area contributed by atoms with Crippen molar-refractivity contribution in [1.82, 2.24) is 0 Å². The summed E-state index contributed by atoms with van der Waals surface area (Å²) in [6.45, 7) is 9.16. The first-order valence-electron chi connectivity index (χ1n) is 2.55. The molecule has 0 saturated heterocycles. The molecule has 0 aromatic carbocycles. The van der Waals surface area contributed by atoms with Crippen LogP contribution in [-0.2, 0) is 0 Å². The summed E-state index contributed by atoms with van der Waals surface area (Å²) in [6, 6.07) is 0. The minimum Gasteiger partial charge on any atom is -0.0995 e. The van der Waals surface area contributed by atoms with Crippen LogP contribution < -0.4 is 0 Å². The second-order valence-corrected chi connectivity index (χ2v) is 1.63. The zero-order valence-corrected chi connectivity index (χ0v) is 5.22. The van der Waals surface area contributed by atoms with Gasteiger partial charge >= 0.3 is 0 Å². The van der Waals surface area contributed by atoms with Gasteiger partial charge in [-0.25, -0.2) is 0 Å². The molecule has 0 N–H and O–H groups in total. The lowest BCUT2D eigenvalue weighted by Crippen LogP contribution is -1.66. The van der Waals surface area contributed by atoms with Crippen LogP contribution in [0.1, 0.15) is 6.92 Å². The summed E-state index contributed by atoms with van der Waals surface area (Å²) in [5, 5.41) is 0. The molecule has 0 fully saturated rings. The Kier molecular flexibility index (Phi) is 3.95. The Morgan fingerprint density at radius 1 is 1.38 bits per heavy atom. The number of rotatable bonds is 3. The molecule has 1 radical (unpaired) electrons. The van der Waals surface area contributed by atoms with Crippen LogP contribution >= 0.6 is 0 Å². The Balaban J connectivity index is 3.29. The first-order valence-corrected chi connectivity index (χ1v) is 2.55. The van der Waals surface area contributed by atoms with Gasteiger partial charge in [0.15, 0.2) is 0 Å². The van der Waals surface area contributed by atoms with Gasteiger partial charge in [-0.1, -0.05) is 37.0 Å². The molecule has 8 heavy (non-hydrogen) atoms. The van der Waals surface area contributed by atoms with Crippen LogP contribution in [0.25, 0.3) is 0 Å². The molecule has 0 heteroatoms. The van der Waals surface area contributed by atoms with Crippen LogP contribution in [0.15, 0.2) is 37.0 Å². The molecule has 0 bridgehead atoms.